The fourth-order valence-electron chi connectivity index (χ4n) is 4.87. The first-order valence-electron chi connectivity index (χ1n) is 12.0. The number of amides is 2. The van der Waals surface area contributed by atoms with E-state index in [2.05, 4.69) is 28.5 Å². The van der Waals surface area contributed by atoms with Crippen LogP contribution in [0.1, 0.15) is 34.5 Å². The molecule has 3 heterocycles. The van der Waals surface area contributed by atoms with Crippen LogP contribution in [-0.2, 0) is 11.2 Å². The summed E-state index contributed by atoms with van der Waals surface area (Å²) in [7, 11) is 0. The van der Waals surface area contributed by atoms with Crippen molar-refractivity contribution < 1.29 is 9.59 Å². The molecule has 176 valence electrons. The number of hydrogen-bond donors (Lipinski definition) is 1. The molecule has 1 N–H and O–H groups in total. The molecule has 1 saturated heterocycles. The molecular formula is C29H28N4O2. The van der Waals surface area contributed by atoms with E-state index in [1.165, 1.54) is 0 Å². The van der Waals surface area contributed by atoms with Gasteiger partial charge in [0.1, 0.15) is 0 Å². The van der Waals surface area contributed by atoms with Gasteiger partial charge in [0.25, 0.3) is 5.91 Å². The fourth-order valence-corrected chi connectivity index (χ4v) is 4.87. The van der Waals surface area contributed by atoms with E-state index in [9.17, 15) is 9.59 Å². The van der Waals surface area contributed by atoms with Crippen molar-refractivity contribution in [3.05, 3.63) is 95.9 Å². The van der Waals surface area contributed by atoms with Crippen LogP contribution in [0.4, 0.5) is 0 Å². The van der Waals surface area contributed by atoms with Crippen LogP contribution in [0.25, 0.3) is 22.0 Å². The van der Waals surface area contributed by atoms with Crippen LogP contribution in [0.2, 0.25) is 0 Å². The van der Waals surface area contributed by atoms with Crippen molar-refractivity contribution in [2.75, 3.05) is 13.1 Å². The molecule has 1 aliphatic heterocycles. The van der Waals surface area contributed by atoms with Crippen molar-refractivity contribution in [3.63, 3.8) is 0 Å². The third-order valence-corrected chi connectivity index (χ3v) is 6.67. The Morgan fingerprint density at radius 1 is 0.943 bits per heavy atom. The molecular weight excluding hydrogens is 436 g/mol. The van der Waals surface area contributed by atoms with E-state index in [1.807, 2.05) is 48.2 Å². The first-order valence-corrected chi connectivity index (χ1v) is 12.0. The Morgan fingerprint density at radius 2 is 1.63 bits per heavy atom. The van der Waals surface area contributed by atoms with Gasteiger partial charge in [-0.2, -0.15) is 0 Å². The van der Waals surface area contributed by atoms with Gasteiger partial charge in [-0.3, -0.25) is 19.6 Å². The number of aromatic nitrogens is 2. The number of para-hydroxylation sites is 1. The fraction of sp³-hybridized carbons (Fsp3) is 0.241. The number of likely N-dealkylation sites (tertiary alicyclic amines) is 1. The molecule has 1 fully saturated rings. The van der Waals surface area contributed by atoms with Gasteiger partial charge >= 0.3 is 0 Å². The van der Waals surface area contributed by atoms with Gasteiger partial charge in [-0.25, -0.2) is 0 Å². The Kier molecular flexibility index (Phi) is 6.53. The van der Waals surface area contributed by atoms with Crippen molar-refractivity contribution in [1.29, 1.82) is 0 Å². The summed E-state index contributed by atoms with van der Waals surface area (Å²) in [6, 6.07) is 21.8. The molecule has 2 aromatic heterocycles. The smallest absolute Gasteiger partial charge is 0.253 e. The third-order valence-electron chi connectivity index (χ3n) is 6.67. The van der Waals surface area contributed by atoms with Crippen molar-refractivity contribution in [2.45, 2.75) is 32.2 Å². The van der Waals surface area contributed by atoms with E-state index in [1.54, 1.807) is 24.5 Å². The molecule has 6 heteroatoms. The Balaban J connectivity index is 1.30. The van der Waals surface area contributed by atoms with Gasteiger partial charge in [-0.05, 0) is 54.7 Å². The van der Waals surface area contributed by atoms with Crippen LogP contribution in [0, 0.1) is 6.92 Å². The number of pyridine rings is 2. The molecule has 0 spiro atoms. The van der Waals surface area contributed by atoms with Gasteiger partial charge in [-0.1, -0.05) is 48.5 Å². The predicted octanol–water partition coefficient (Wildman–Crippen LogP) is 4.57. The predicted molar refractivity (Wildman–Crippen MR) is 137 cm³/mol. The SMILES string of the molecule is Cc1nc2ccccc2c(-c2ccccc2)c1CC(=O)NC1CCN(C(=O)c2ccncc2)CC1. The number of carbonyl (C=O) groups is 2. The Bertz CT molecular complexity index is 1350. The molecule has 0 saturated carbocycles. The molecule has 5 rings (SSSR count). The van der Waals surface area contributed by atoms with Crippen molar-refractivity contribution in [2.24, 2.45) is 0 Å². The number of carbonyl (C=O) groups excluding carboxylic acids is 2. The van der Waals surface area contributed by atoms with Crippen LogP contribution in [0.15, 0.2) is 79.1 Å². The van der Waals surface area contributed by atoms with E-state index in [-0.39, 0.29) is 24.3 Å². The zero-order valence-electron chi connectivity index (χ0n) is 19.8. The summed E-state index contributed by atoms with van der Waals surface area (Å²) in [4.78, 5) is 36.5. The van der Waals surface area contributed by atoms with Crippen molar-refractivity contribution >= 4 is 22.7 Å². The average molecular weight is 465 g/mol. The number of nitrogens with one attached hydrogen (secondary N) is 1. The van der Waals surface area contributed by atoms with E-state index < -0.39 is 0 Å². The van der Waals surface area contributed by atoms with Crippen molar-refractivity contribution in [3.8, 4) is 11.1 Å². The minimum atomic E-state index is -0.0127. The molecule has 0 aliphatic carbocycles. The first kappa shape index (κ1) is 22.7. The highest BCUT2D eigenvalue weighted by Gasteiger charge is 2.25. The Hall–Kier alpha value is -4.06. The summed E-state index contributed by atoms with van der Waals surface area (Å²) in [6.45, 7) is 3.22. The highest BCUT2D eigenvalue weighted by atomic mass is 16.2. The molecule has 4 aromatic rings. The molecule has 2 aromatic carbocycles. The number of fused-ring (bicyclic) bond motifs is 1. The summed E-state index contributed by atoms with van der Waals surface area (Å²) in [5.41, 5.74) is 5.56. The Labute approximate surface area is 205 Å². The second-order valence-electron chi connectivity index (χ2n) is 8.98. The second kappa shape index (κ2) is 10.1. The summed E-state index contributed by atoms with van der Waals surface area (Å²) in [6.07, 6.45) is 5.01. The maximum Gasteiger partial charge on any atom is 0.253 e. The first-order chi connectivity index (χ1) is 17.1. The van der Waals surface area contributed by atoms with Gasteiger partial charge in [0.05, 0.1) is 11.9 Å². The van der Waals surface area contributed by atoms with Crippen LogP contribution in [0.3, 0.4) is 0 Å². The highest BCUT2D eigenvalue weighted by molar-refractivity contribution is 5.98. The molecule has 0 bridgehead atoms. The molecule has 6 nitrogen and oxygen atoms in total. The van der Waals surface area contributed by atoms with Gasteiger partial charge in [0, 0.05) is 48.2 Å². The summed E-state index contributed by atoms with van der Waals surface area (Å²) in [5.74, 6) is 0.00353. The lowest BCUT2D eigenvalue weighted by Gasteiger charge is -2.32. The lowest BCUT2D eigenvalue weighted by Crippen LogP contribution is -2.47. The van der Waals surface area contributed by atoms with Crippen LogP contribution in [0.5, 0.6) is 0 Å². The van der Waals surface area contributed by atoms with E-state index in [0.29, 0.717) is 18.7 Å². The monoisotopic (exact) mass is 464 g/mol. The summed E-state index contributed by atoms with van der Waals surface area (Å²) in [5, 5.41) is 4.26. The summed E-state index contributed by atoms with van der Waals surface area (Å²) < 4.78 is 0. The van der Waals surface area contributed by atoms with Crippen LogP contribution in [-0.4, -0.2) is 45.8 Å². The lowest BCUT2D eigenvalue weighted by molar-refractivity contribution is -0.121. The number of aryl methyl sites for hydroxylation is 1. The largest absolute Gasteiger partial charge is 0.353 e. The number of benzene rings is 2. The molecule has 1 aliphatic rings. The van der Waals surface area contributed by atoms with Gasteiger partial charge in [0.15, 0.2) is 0 Å². The van der Waals surface area contributed by atoms with Gasteiger partial charge in [-0.15, -0.1) is 0 Å². The number of nitrogens with zero attached hydrogens (tertiary/aromatic N) is 3. The zero-order valence-corrected chi connectivity index (χ0v) is 19.8. The maximum atomic E-state index is 13.2. The molecule has 0 radical (unpaired) electrons. The highest BCUT2D eigenvalue weighted by Crippen LogP contribution is 2.33. The minimum Gasteiger partial charge on any atom is -0.353 e. The number of rotatable bonds is 5. The standard InChI is InChI=1S/C29H28N4O2/c1-20-25(28(21-7-3-2-4-8-21)24-9-5-6-10-26(24)31-20)19-27(34)32-23-13-17-33(18-14-23)29(35)22-11-15-30-16-12-22/h2-12,15-16,23H,13-14,17-19H2,1H3,(H,32,34). The van der Waals surface area contributed by atoms with Crippen LogP contribution < -0.4 is 5.32 Å². The van der Waals surface area contributed by atoms with Gasteiger partial charge < -0.3 is 10.2 Å². The Morgan fingerprint density at radius 3 is 2.37 bits per heavy atom. The van der Waals surface area contributed by atoms with Crippen LogP contribution >= 0.6 is 0 Å². The number of piperidine rings is 1. The van der Waals surface area contributed by atoms with E-state index in [0.717, 1.165) is 46.1 Å². The molecule has 2 amide bonds. The minimum absolute atomic E-state index is 0.0127. The normalized spacial score (nSPS) is 14.1. The van der Waals surface area contributed by atoms with E-state index in [4.69, 9.17) is 4.98 Å². The second-order valence-corrected chi connectivity index (χ2v) is 8.98. The topological polar surface area (TPSA) is 75.2 Å². The molecule has 35 heavy (non-hydrogen) atoms. The quantitative estimate of drug-likeness (QED) is 0.470. The lowest BCUT2D eigenvalue weighted by atomic mass is 9.92. The molecule has 0 unspecified atom stereocenters. The molecule has 0 atom stereocenters. The van der Waals surface area contributed by atoms with E-state index >= 15 is 0 Å². The average Bonchev–Trinajstić information content (AvgIpc) is 2.90. The third kappa shape index (κ3) is 4.92. The number of hydrogen-bond acceptors (Lipinski definition) is 4. The summed E-state index contributed by atoms with van der Waals surface area (Å²) >= 11 is 0. The maximum absolute atomic E-state index is 13.2. The van der Waals surface area contributed by atoms with Crippen molar-refractivity contribution in [1.82, 2.24) is 20.2 Å². The van der Waals surface area contributed by atoms with Gasteiger partial charge in [0.2, 0.25) is 5.91 Å². The zero-order chi connectivity index (χ0) is 24.2.